The van der Waals surface area contributed by atoms with Crippen molar-refractivity contribution in [1.82, 2.24) is 4.98 Å². The van der Waals surface area contributed by atoms with Crippen LogP contribution in [0.1, 0.15) is 13.8 Å². The molecular formula is C9H11BrN2O2. The van der Waals surface area contributed by atoms with E-state index in [9.17, 15) is 9.90 Å². The highest BCUT2D eigenvalue weighted by Gasteiger charge is 2.10. The molecule has 0 fully saturated rings. The number of nitrogens with one attached hydrogen (secondary N) is 1. The Balaban J connectivity index is 2.86. The van der Waals surface area contributed by atoms with Gasteiger partial charge >= 0.3 is 0 Å². The first-order valence-electron chi connectivity index (χ1n) is 4.16. The van der Waals surface area contributed by atoms with Gasteiger partial charge in [0.2, 0.25) is 11.8 Å². The van der Waals surface area contributed by atoms with Gasteiger partial charge < -0.3 is 10.4 Å². The molecule has 0 saturated carbocycles. The third-order valence-electron chi connectivity index (χ3n) is 1.62. The third-order valence-corrected chi connectivity index (χ3v) is 2.05. The molecule has 0 aliphatic carbocycles. The van der Waals surface area contributed by atoms with E-state index in [-0.39, 0.29) is 17.7 Å². The molecule has 0 atom stereocenters. The summed E-state index contributed by atoms with van der Waals surface area (Å²) < 4.78 is 0.703. The van der Waals surface area contributed by atoms with E-state index in [1.54, 1.807) is 19.9 Å². The summed E-state index contributed by atoms with van der Waals surface area (Å²) in [6.45, 7) is 3.55. The van der Waals surface area contributed by atoms with Gasteiger partial charge in [-0.25, -0.2) is 4.98 Å². The number of carbonyl (C=O) groups is 1. The second-order valence-electron chi connectivity index (χ2n) is 3.17. The van der Waals surface area contributed by atoms with Crippen LogP contribution < -0.4 is 5.32 Å². The monoisotopic (exact) mass is 258 g/mol. The van der Waals surface area contributed by atoms with Crippen LogP contribution >= 0.6 is 15.9 Å². The van der Waals surface area contributed by atoms with Crippen molar-refractivity contribution in [3.63, 3.8) is 0 Å². The fourth-order valence-electron chi connectivity index (χ4n) is 0.801. The van der Waals surface area contributed by atoms with Crippen LogP contribution in [-0.2, 0) is 4.79 Å². The van der Waals surface area contributed by atoms with Crippen molar-refractivity contribution in [1.29, 1.82) is 0 Å². The van der Waals surface area contributed by atoms with Gasteiger partial charge in [-0.05, 0) is 22.0 Å². The summed E-state index contributed by atoms with van der Waals surface area (Å²) in [5.41, 5.74) is 0.318. The standard InChI is InChI=1S/C9H11BrN2O2/c1-5(2)8(13)12-7-3-6(10)4-11-9(7)14/h3-5H,1-2H3,(H,11,14)(H,12,13). The number of anilines is 1. The molecule has 0 bridgehead atoms. The lowest BCUT2D eigenvalue weighted by atomic mass is 10.2. The van der Waals surface area contributed by atoms with Gasteiger partial charge in [0.25, 0.3) is 0 Å². The Labute approximate surface area is 90.5 Å². The van der Waals surface area contributed by atoms with E-state index >= 15 is 0 Å². The lowest BCUT2D eigenvalue weighted by molar-refractivity contribution is -0.118. The molecule has 1 aromatic heterocycles. The fraction of sp³-hybridized carbons (Fsp3) is 0.333. The van der Waals surface area contributed by atoms with Gasteiger partial charge in [0.1, 0.15) is 5.69 Å². The van der Waals surface area contributed by atoms with E-state index in [4.69, 9.17) is 0 Å². The van der Waals surface area contributed by atoms with Gasteiger partial charge in [-0.1, -0.05) is 13.8 Å². The Morgan fingerprint density at radius 2 is 2.29 bits per heavy atom. The van der Waals surface area contributed by atoms with Crippen molar-refractivity contribution in [2.45, 2.75) is 13.8 Å². The Morgan fingerprint density at radius 3 is 2.86 bits per heavy atom. The minimum Gasteiger partial charge on any atom is -0.492 e. The molecule has 14 heavy (non-hydrogen) atoms. The third kappa shape index (κ3) is 2.70. The van der Waals surface area contributed by atoms with Gasteiger partial charge in [0.15, 0.2) is 0 Å². The fourth-order valence-corrected chi connectivity index (χ4v) is 1.13. The zero-order chi connectivity index (χ0) is 10.7. The SMILES string of the molecule is CC(C)C(=O)Nc1cc(Br)cnc1O. The van der Waals surface area contributed by atoms with E-state index in [2.05, 4.69) is 26.2 Å². The van der Waals surface area contributed by atoms with Gasteiger partial charge in [-0.3, -0.25) is 4.79 Å². The predicted octanol–water partition coefficient (Wildman–Crippen LogP) is 2.14. The van der Waals surface area contributed by atoms with Crippen LogP contribution in [0, 0.1) is 5.92 Å². The number of rotatable bonds is 2. The first kappa shape index (κ1) is 11.0. The average Bonchev–Trinajstić information content (AvgIpc) is 2.11. The molecule has 0 spiro atoms. The summed E-state index contributed by atoms with van der Waals surface area (Å²) in [6.07, 6.45) is 1.46. The molecule has 1 rings (SSSR count). The molecule has 0 aliphatic heterocycles. The van der Waals surface area contributed by atoms with E-state index in [0.29, 0.717) is 10.2 Å². The first-order valence-corrected chi connectivity index (χ1v) is 4.95. The Kier molecular flexibility index (Phi) is 3.46. The van der Waals surface area contributed by atoms with Gasteiger partial charge in [-0.15, -0.1) is 0 Å². The quantitative estimate of drug-likeness (QED) is 0.855. The smallest absolute Gasteiger partial charge is 0.235 e. The highest BCUT2D eigenvalue weighted by molar-refractivity contribution is 9.10. The Morgan fingerprint density at radius 1 is 1.64 bits per heavy atom. The zero-order valence-corrected chi connectivity index (χ0v) is 9.50. The molecular weight excluding hydrogens is 248 g/mol. The Bertz CT molecular complexity index is 353. The van der Waals surface area contributed by atoms with Crippen LogP contribution in [0.25, 0.3) is 0 Å². The highest BCUT2D eigenvalue weighted by atomic mass is 79.9. The maximum Gasteiger partial charge on any atom is 0.235 e. The lowest BCUT2D eigenvalue weighted by Gasteiger charge is -2.08. The molecule has 0 unspecified atom stereocenters. The van der Waals surface area contributed by atoms with Crippen molar-refractivity contribution in [2.75, 3.05) is 5.32 Å². The first-order chi connectivity index (χ1) is 6.50. The summed E-state index contributed by atoms with van der Waals surface area (Å²) in [4.78, 5) is 15.0. The lowest BCUT2D eigenvalue weighted by Crippen LogP contribution is -2.17. The molecule has 0 aromatic carbocycles. The van der Waals surface area contributed by atoms with Crippen molar-refractivity contribution in [3.05, 3.63) is 16.7 Å². The van der Waals surface area contributed by atoms with Gasteiger partial charge in [-0.2, -0.15) is 0 Å². The van der Waals surface area contributed by atoms with E-state index in [1.165, 1.54) is 6.20 Å². The summed E-state index contributed by atoms with van der Waals surface area (Å²) in [6, 6.07) is 1.60. The van der Waals surface area contributed by atoms with Crippen LogP contribution in [0.15, 0.2) is 16.7 Å². The van der Waals surface area contributed by atoms with Crippen LogP contribution in [-0.4, -0.2) is 16.0 Å². The topological polar surface area (TPSA) is 62.2 Å². The van der Waals surface area contributed by atoms with Crippen molar-refractivity contribution in [3.8, 4) is 5.88 Å². The molecule has 1 aromatic rings. The second kappa shape index (κ2) is 4.41. The summed E-state index contributed by atoms with van der Waals surface area (Å²) in [5.74, 6) is -0.462. The minimum absolute atomic E-state index is 0.131. The summed E-state index contributed by atoms with van der Waals surface area (Å²) in [5, 5.41) is 11.9. The van der Waals surface area contributed by atoms with E-state index in [1.807, 2.05) is 0 Å². The molecule has 5 heteroatoms. The van der Waals surface area contributed by atoms with Crippen LogP contribution in [0.2, 0.25) is 0 Å². The van der Waals surface area contributed by atoms with E-state index < -0.39 is 0 Å². The van der Waals surface area contributed by atoms with Crippen molar-refractivity contribution >= 4 is 27.5 Å². The van der Waals surface area contributed by atoms with Gasteiger partial charge in [0, 0.05) is 16.6 Å². The molecule has 4 nitrogen and oxygen atoms in total. The number of carbonyl (C=O) groups excluding carboxylic acids is 1. The molecule has 0 radical (unpaired) electrons. The number of aromatic nitrogens is 1. The largest absolute Gasteiger partial charge is 0.492 e. The summed E-state index contributed by atoms with van der Waals surface area (Å²) >= 11 is 3.20. The van der Waals surface area contributed by atoms with Gasteiger partial charge in [0.05, 0.1) is 0 Å². The number of halogens is 1. The number of amides is 1. The molecule has 0 saturated heterocycles. The number of hydrogen-bond donors (Lipinski definition) is 2. The number of hydrogen-bond acceptors (Lipinski definition) is 3. The Hall–Kier alpha value is -1.10. The molecule has 1 amide bonds. The average molecular weight is 259 g/mol. The molecule has 0 aliphatic rings. The highest BCUT2D eigenvalue weighted by Crippen LogP contribution is 2.24. The number of aromatic hydroxyl groups is 1. The second-order valence-corrected chi connectivity index (χ2v) is 4.08. The maximum atomic E-state index is 11.3. The normalized spacial score (nSPS) is 10.3. The molecule has 2 N–H and O–H groups in total. The predicted molar refractivity (Wildman–Crippen MR) is 57.1 cm³/mol. The molecule has 76 valence electrons. The van der Waals surface area contributed by atoms with Crippen LogP contribution in [0.4, 0.5) is 5.69 Å². The van der Waals surface area contributed by atoms with Crippen molar-refractivity contribution < 1.29 is 9.90 Å². The summed E-state index contributed by atoms with van der Waals surface area (Å²) in [7, 11) is 0. The number of pyridine rings is 1. The number of nitrogens with zero attached hydrogens (tertiary/aromatic N) is 1. The van der Waals surface area contributed by atoms with Crippen molar-refractivity contribution in [2.24, 2.45) is 5.92 Å². The van der Waals surface area contributed by atoms with E-state index in [0.717, 1.165) is 0 Å². The van der Waals surface area contributed by atoms with Crippen LogP contribution in [0.3, 0.4) is 0 Å². The molecule has 1 heterocycles. The zero-order valence-electron chi connectivity index (χ0n) is 7.91. The van der Waals surface area contributed by atoms with Crippen LogP contribution in [0.5, 0.6) is 5.88 Å². The maximum absolute atomic E-state index is 11.3. The minimum atomic E-state index is -0.179.